The third-order valence-electron chi connectivity index (χ3n) is 5.16. The summed E-state index contributed by atoms with van der Waals surface area (Å²) in [4.78, 5) is 27.6. The minimum atomic E-state index is -0.793. The maximum Gasteiger partial charge on any atom is 0.320 e. The molecule has 1 aliphatic carbocycles. The molecule has 4 rings (SSSR count). The molecule has 0 radical (unpaired) electrons. The van der Waals surface area contributed by atoms with E-state index in [2.05, 4.69) is 25.8 Å². The molecule has 1 aromatic carbocycles. The van der Waals surface area contributed by atoms with Crippen LogP contribution >= 0.6 is 23.2 Å². The van der Waals surface area contributed by atoms with Crippen molar-refractivity contribution in [3.63, 3.8) is 0 Å². The van der Waals surface area contributed by atoms with E-state index >= 15 is 0 Å². The van der Waals surface area contributed by atoms with Crippen LogP contribution in [0, 0.1) is 11.7 Å². The summed E-state index contributed by atoms with van der Waals surface area (Å²) in [5.74, 6) is -2.56. The van der Waals surface area contributed by atoms with E-state index in [9.17, 15) is 14.0 Å². The number of aromatic nitrogens is 3. The molecule has 1 aliphatic rings. The first-order chi connectivity index (χ1) is 16.3. The van der Waals surface area contributed by atoms with Gasteiger partial charge in [-0.25, -0.2) is 9.37 Å². The second-order valence-corrected chi connectivity index (χ2v) is 8.38. The number of hydrogen-bond acceptors (Lipinski definition) is 8. The first kappa shape index (κ1) is 23.7. The summed E-state index contributed by atoms with van der Waals surface area (Å²) in [5.41, 5.74) is 0.667. The number of carboxylic acids is 1. The van der Waals surface area contributed by atoms with Crippen LogP contribution in [0.5, 0.6) is 5.88 Å². The highest BCUT2D eigenvalue weighted by Gasteiger charge is 2.27. The Morgan fingerprint density at radius 3 is 2.50 bits per heavy atom. The Hall–Kier alpha value is -3.44. The molecule has 3 aromatic rings. The molecule has 2 aromatic heterocycles. The number of carboxylic acid groups (broad SMARTS) is 1. The van der Waals surface area contributed by atoms with Crippen LogP contribution in [-0.2, 0) is 4.79 Å². The molecule has 2 heterocycles. The van der Waals surface area contributed by atoms with Crippen LogP contribution in [0.25, 0.3) is 0 Å². The van der Waals surface area contributed by atoms with Crippen molar-refractivity contribution in [2.24, 2.45) is 5.92 Å². The van der Waals surface area contributed by atoms with Gasteiger partial charge >= 0.3 is 23.8 Å². The van der Waals surface area contributed by atoms with Crippen LogP contribution in [-0.4, -0.2) is 38.3 Å². The quantitative estimate of drug-likeness (QED) is 0.404. The molecule has 0 saturated heterocycles. The summed E-state index contributed by atoms with van der Waals surface area (Å²) in [7, 11) is 0. The largest absolute Gasteiger partial charge is 0.481 e. The molecule has 1 amide bonds. The van der Waals surface area contributed by atoms with Crippen LogP contribution < -0.4 is 15.4 Å². The highest BCUT2D eigenvalue weighted by Crippen LogP contribution is 2.31. The summed E-state index contributed by atoms with van der Waals surface area (Å²) < 4.78 is 24.3. The zero-order valence-corrected chi connectivity index (χ0v) is 18.9. The minimum absolute atomic E-state index is 0.0905. The molecule has 0 bridgehead atoms. The van der Waals surface area contributed by atoms with Gasteiger partial charge in [-0.3, -0.25) is 9.59 Å². The number of anilines is 3. The van der Waals surface area contributed by atoms with Crippen molar-refractivity contribution < 1.29 is 28.2 Å². The summed E-state index contributed by atoms with van der Waals surface area (Å²) in [5, 5.41) is 21.8. The molecule has 13 heteroatoms. The molecule has 178 valence electrons. The molecular weight excluding hydrogens is 492 g/mol. The number of pyridine rings is 1. The lowest BCUT2D eigenvalue weighted by Gasteiger charge is -2.26. The predicted molar refractivity (Wildman–Crippen MR) is 120 cm³/mol. The number of benzene rings is 1. The Balaban J connectivity index is 1.34. The van der Waals surface area contributed by atoms with Gasteiger partial charge in [0.15, 0.2) is 0 Å². The molecule has 3 N–H and O–H groups in total. The monoisotopic (exact) mass is 509 g/mol. The predicted octanol–water partition coefficient (Wildman–Crippen LogP) is 4.93. The Morgan fingerprint density at radius 1 is 1.09 bits per heavy atom. The smallest absolute Gasteiger partial charge is 0.320 e. The summed E-state index contributed by atoms with van der Waals surface area (Å²) in [6, 6.07) is 5.28. The van der Waals surface area contributed by atoms with Gasteiger partial charge in [-0.05, 0) is 49.9 Å². The average Bonchev–Trinajstić information content (AvgIpc) is 3.27. The van der Waals surface area contributed by atoms with Crippen molar-refractivity contribution in [1.82, 2.24) is 15.2 Å². The number of amides is 1. The molecule has 0 atom stereocenters. The second kappa shape index (κ2) is 10.2. The molecule has 0 aliphatic heterocycles. The van der Waals surface area contributed by atoms with Crippen LogP contribution in [0.2, 0.25) is 10.0 Å². The normalized spacial score (nSPS) is 17.7. The van der Waals surface area contributed by atoms with Crippen molar-refractivity contribution in [1.29, 1.82) is 0 Å². The average molecular weight is 510 g/mol. The van der Waals surface area contributed by atoms with Gasteiger partial charge in [0, 0.05) is 5.69 Å². The fourth-order valence-corrected chi connectivity index (χ4v) is 3.80. The zero-order valence-electron chi connectivity index (χ0n) is 17.4. The fraction of sp³-hybridized carbons (Fsp3) is 0.286. The number of carbonyl (C=O) groups is 2. The zero-order chi connectivity index (χ0) is 24.2. The number of nitrogens with zero attached hydrogens (tertiary/aromatic N) is 3. The molecule has 10 nitrogen and oxygen atoms in total. The van der Waals surface area contributed by atoms with E-state index in [1.165, 1.54) is 30.5 Å². The second-order valence-electron chi connectivity index (χ2n) is 7.56. The highest BCUT2D eigenvalue weighted by atomic mass is 35.5. The highest BCUT2D eigenvalue weighted by molar-refractivity contribution is 6.32. The van der Waals surface area contributed by atoms with Crippen molar-refractivity contribution in [3.05, 3.63) is 52.2 Å². The summed E-state index contributed by atoms with van der Waals surface area (Å²) >= 11 is 12.0. The van der Waals surface area contributed by atoms with Crippen LogP contribution in [0.4, 0.5) is 21.8 Å². The Kier molecular flexibility index (Phi) is 7.13. The van der Waals surface area contributed by atoms with E-state index in [4.69, 9.17) is 37.5 Å². The molecule has 0 spiro atoms. The lowest BCUT2D eigenvalue weighted by Crippen LogP contribution is -2.28. The third-order valence-corrected chi connectivity index (χ3v) is 5.72. The third kappa shape index (κ3) is 5.72. The van der Waals surface area contributed by atoms with Gasteiger partial charge in [-0.1, -0.05) is 28.3 Å². The van der Waals surface area contributed by atoms with Gasteiger partial charge in [0.2, 0.25) is 5.88 Å². The number of carbonyl (C=O) groups excluding carboxylic acids is 1. The lowest BCUT2D eigenvalue weighted by molar-refractivity contribution is -0.143. The van der Waals surface area contributed by atoms with Gasteiger partial charge in [-0.2, -0.15) is 0 Å². The van der Waals surface area contributed by atoms with Gasteiger partial charge in [0.25, 0.3) is 0 Å². The number of hydrogen-bond donors (Lipinski definition) is 3. The van der Waals surface area contributed by atoms with Crippen LogP contribution in [0.15, 0.2) is 34.9 Å². The number of ether oxygens (including phenoxy) is 1. The van der Waals surface area contributed by atoms with Gasteiger partial charge in [-0.15, -0.1) is 5.10 Å². The van der Waals surface area contributed by atoms with Crippen LogP contribution in [0.1, 0.15) is 36.4 Å². The van der Waals surface area contributed by atoms with Gasteiger partial charge < -0.3 is 24.9 Å². The maximum atomic E-state index is 13.3. The number of aliphatic carboxylic acids is 1. The number of rotatable bonds is 7. The molecular formula is C21H18Cl2FN5O5. The van der Waals surface area contributed by atoms with E-state index in [-0.39, 0.29) is 45.5 Å². The van der Waals surface area contributed by atoms with E-state index < -0.39 is 17.7 Å². The molecule has 1 fully saturated rings. The SMILES string of the molecule is O=C(Nc1cnc(OC2CCC(C(=O)O)CC2)c(Cl)c1)c1nnc(Nc2ccc(F)c(Cl)c2)o1. The Labute approximate surface area is 202 Å². The Morgan fingerprint density at radius 2 is 1.82 bits per heavy atom. The van der Waals surface area contributed by atoms with Gasteiger partial charge in [0.1, 0.15) is 16.9 Å². The maximum absolute atomic E-state index is 13.3. The summed E-state index contributed by atoms with van der Waals surface area (Å²) in [6.45, 7) is 0. The summed E-state index contributed by atoms with van der Waals surface area (Å²) in [6.07, 6.45) is 3.41. The molecule has 34 heavy (non-hydrogen) atoms. The topological polar surface area (TPSA) is 139 Å². The van der Waals surface area contributed by atoms with E-state index in [0.29, 0.717) is 31.4 Å². The van der Waals surface area contributed by atoms with E-state index in [1.54, 1.807) is 0 Å². The van der Waals surface area contributed by atoms with Crippen LogP contribution in [0.3, 0.4) is 0 Å². The van der Waals surface area contributed by atoms with Gasteiger partial charge in [0.05, 0.1) is 22.8 Å². The number of nitrogens with one attached hydrogen (secondary N) is 2. The molecule has 1 saturated carbocycles. The van der Waals surface area contributed by atoms with Crippen molar-refractivity contribution in [3.8, 4) is 5.88 Å². The number of halogens is 3. The minimum Gasteiger partial charge on any atom is -0.481 e. The van der Waals surface area contributed by atoms with E-state index in [1.807, 2.05) is 0 Å². The van der Waals surface area contributed by atoms with Crippen molar-refractivity contribution in [2.75, 3.05) is 10.6 Å². The first-order valence-electron chi connectivity index (χ1n) is 10.2. The lowest BCUT2D eigenvalue weighted by atomic mass is 9.87. The van der Waals surface area contributed by atoms with Crippen molar-refractivity contribution in [2.45, 2.75) is 31.8 Å². The standard InChI is InChI=1S/C21H18Cl2FN5O5/c22-14-7-11(3-6-16(14)24)27-21-29-28-19(34-21)17(30)26-12-8-15(23)18(25-9-12)33-13-4-1-10(2-5-13)20(31)32/h3,6-10,13H,1-2,4-5H2,(H,26,30)(H,27,29)(H,31,32). The van der Waals surface area contributed by atoms with Crippen molar-refractivity contribution >= 4 is 52.5 Å². The Bertz CT molecular complexity index is 1220. The van der Waals surface area contributed by atoms with E-state index in [0.717, 1.165) is 0 Å². The fourth-order valence-electron chi connectivity index (χ4n) is 3.41. The first-order valence-corrected chi connectivity index (χ1v) is 11.0. The molecule has 0 unspecified atom stereocenters.